The second-order valence-corrected chi connectivity index (χ2v) is 7.01. The molecular weight excluding hydrogens is 329 g/mol. The summed E-state index contributed by atoms with van der Waals surface area (Å²) in [5, 5.41) is 0.762. The number of thioether (sulfide) groups is 2. The Morgan fingerprint density at radius 1 is 0.957 bits per heavy atom. The van der Waals surface area contributed by atoms with Crippen molar-refractivity contribution in [2.45, 2.75) is 10.1 Å². The van der Waals surface area contributed by atoms with Gasteiger partial charge in [0, 0.05) is 22.0 Å². The number of hydrogen-bond donors (Lipinski definition) is 1. The predicted octanol–water partition coefficient (Wildman–Crippen LogP) is 4.29. The predicted molar refractivity (Wildman–Crippen MR) is 95.7 cm³/mol. The summed E-state index contributed by atoms with van der Waals surface area (Å²) in [4.78, 5) is 5.23. The minimum atomic E-state index is -0.172. The van der Waals surface area contributed by atoms with Crippen LogP contribution in [0.1, 0.15) is 0 Å². The fraction of sp³-hybridized carbons (Fsp3) is 0.118. The van der Waals surface area contributed by atoms with Crippen LogP contribution in [0.4, 0.5) is 4.39 Å². The molecule has 0 unspecified atom stereocenters. The lowest BCUT2D eigenvalue weighted by molar-refractivity contribution is 0.602. The zero-order chi connectivity index (χ0) is 16.1. The fourth-order valence-electron chi connectivity index (χ4n) is 2.08. The number of rotatable bonds is 6. The Bertz CT molecular complexity index is 775. The Morgan fingerprint density at radius 2 is 1.65 bits per heavy atom. The lowest BCUT2D eigenvalue weighted by atomic mass is 10.2. The van der Waals surface area contributed by atoms with Gasteiger partial charge in [0.25, 0.3) is 0 Å². The lowest BCUT2D eigenvalue weighted by Crippen LogP contribution is -2.08. The van der Waals surface area contributed by atoms with Gasteiger partial charge in [-0.1, -0.05) is 54.2 Å². The molecule has 3 aromatic rings. The molecule has 2 N–H and O–H groups in total. The van der Waals surface area contributed by atoms with Gasteiger partial charge < -0.3 is 5.84 Å². The monoisotopic (exact) mass is 345 g/mol. The summed E-state index contributed by atoms with van der Waals surface area (Å²) in [7, 11) is 0. The number of halogens is 1. The molecule has 0 aliphatic carbocycles. The zero-order valence-corrected chi connectivity index (χ0v) is 14.0. The van der Waals surface area contributed by atoms with Gasteiger partial charge in [0.2, 0.25) is 0 Å². The van der Waals surface area contributed by atoms with Crippen LogP contribution in [0.25, 0.3) is 11.3 Å². The van der Waals surface area contributed by atoms with Crippen molar-refractivity contribution in [3.63, 3.8) is 0 Å². The highest BCUT2D eigenvalue weighted by Crippen LogP contribution is 2.26. The van der Waals surface area contributed by atoms with E-state index >= 15 is 0 Å². The van der Waals surface area contributed by atoms with Crippen LogP contribution in [0.5, 0.6) is 0 Å². The van der Waals surface area contributed by atoms with Crippen molar-refractivity contribution in [2.24, 2.45) is 0 Å². The van der Waals surface area contributed by atoms with Gasteiger partial charge in [0.1, 0.15) is 5.82 Å². The molecule has 0 saturated carbocycles. The third-order valence-corrected chi connectivity index (χ3v) is 5.45. The second kappa shape index (κ2) is 7.57. The van der Waals surface area contributed by atoms with E-state index in [1.54, 1.807) is 28.6 Å². The maximum atomic E-state index is 13.5. The molecule has 0 saturated heterocycles. The van der Waals surface area contributed by atoms with Gasteiger partial charge in [0.05, 0.1) is 11.9 Å². The van der Waals surface area contributed by atoms with E-state index in [1.807, 2.05) is 42.6 Å². The first kappa shape index (κ1) is 16.0. The van der Waals surface area contributed by atoms with Crippen molar-refractivity contribution >= 4 is 23.5 Å². The first-order valence-corrected chi connectivity index (χ1v) is 9.11. The van der Waals surface area contributed by atoms with E-state index in [-0.39, 0.29) is 5.82 Å². The van der Waals surface area contributed by atoms with Gasteiger partial charge in [-0.3, -0.25) is 0 Å². The van der Waals surface area contributed by atoms with Crippen molar-refractivity contribution in [3.8, 4) is 11.3 Å². The molecule has 23 heavy (non-hydrogen) atoms. The molecule has 0 bridgehead atoms. The summed E-state index contributed by atoms with van der Waals surface area (Å²) in [6, 6.07) is 16.7. The van der Waals surface area contributed by atoms with Crippen LogP contribution in [-0.2, 0) is 0 Å². The fourth-order valence-corrected chi connectivity index (χ4v) is 3.89. The molecule has 1 aromatic heterocycles. The van der Waals surface area contributed by atoms with Crippen molar-refractivity contribution in [3.05, 3.63) is 66.6 Å². The van der Waals surface area contributed by atoms with Crippen LogP contribution in [0, 0.1) is 5.82 Å². The SMILES string of the molecule is Nn1cc(-c2ccccc2)nc1SCCSc1ccccc1F. The number of benzene rings is 2. The molecule has 0 amide bonds. The first-order valence-electron chi connectivity index (χ1n) is 7.14. The van der Waals surface area contributed by atoms with Gasteiger partial charge in [-0.15, -0.1) is 11.8 Å². The molecular formula is C17H16FN3S2. The number of nitrogens with two attached hydrogens (primary N) is 1. The lowest BCUT2D eigenvalue weighted by Gasteiger charge is -2.03. The highest BCUT2D eigenvalue weighted by Gasteiger charge is 2.08. The molecule has 0 atom stereocenters. The van der Waals surface area contributed by atoms with E-state index in [0.717, 1.165) is 27.9 Å². The molecule has 3 nitrogen and oxygen atoms in total. The maximum absolute atomic E-state index is 13.5. The van der Waals surface area contributed by atoms with Crippen molar-refractivity contribution < 1.29 is 4.39 Å². The summed E-state index contributed by atoms with van der Waals surface area (Å²) < 4.78 is 15.1. The number of nitrogens with zero attached hydrogens (tertiary/aromatic N) is 2. The molecule has 0 aliphatic heterocycles. The van der Waals surface area contributed by atoms with Gasteiger partial charge in [0.15, 0.2) is 5.16 Å². The number of hydrogen-bond acceptors (Lipinski definition) is 4. The number of imidazole rings is 1. The van der Waals surface area contributed by atoms with Gasteiger partial charge in [-0.25, -0.2) is 14.1 Å². The van der Waals surface area contributed by atoms with E-state index in [0.29, 0.717) is 4.90 Å². The molecule has 0 fully saturated rings. The molecule has 3 rings (SSSR count). The summed E-state index contributed by atoms with van der Waals surface area (Å²) in [6.07, 6.45) is 1.82. The quantitative estimate of drug-likeness (QED) is 0.411. The van der Waals surface area contributed by atoms with Crippen LogP contribution in [0.15, 0.2) is 70.8 Å². The molecule has 0 aliphatic rings. The Morgan fingerprint density at radius 3 is 2.43 bits per heavy atom. The highest BCUT2D eigenvalue weighted by molar-refractivity contribution is 8.02. The van der Waals surface area contributed by atoms with E-state index in [1.165, 1.54) is 17.8 Å². The summed E-state index contributed by atoms with van der Waals surface area (Å²) in [6.45, 7) is 0. The summed E-state index contributed by atoms with van der Waals surface area (Å²) >= 11 is 3.07. The standard InChI is InChI=1S/C17H16FN3S2/c18-14-8-4-5-9-16(14)22-10-11-23-17-20-15(12-21(17)19)13-6-2-1-3-7-13/h1-9,12H,10-11,19H2. The Labute approximate surface area is 143 Å². The molecule has 2 aromatic carbocycles. The molecule has 118 valence electrons. The minimum absolute atomic E-state index is 0.172. The Balaban J connectivity index is 1.57. The largest absolute Gasteiger partial charge is 0.337 e. The van der Waals surface area contributed by atoms with Crippen molar-refractivity contribution in [1.29, 1.82) is 0 Å². The van der Waals surface area contributed by atoms with Crippen LogP contribution in [-0.4, -0.2) is 21.2 Å². The van der Waals surface area contributed by atoms with E-state index in [4.69, 9.17) is 5.84 Å². The number of aromatic nitrogens is 2. The second-order valence-electron chi connectivity index (χ2n) is 4.81. The number of nitrogen functional groups attached to an aromatic ring is 1. The maximum Gasteiger partial charge on any atom is 0.187 e. The average molecular weight is 345 g/mol. The van der Waals surface area contributed by atoms with Gasteiger partial charge in [-0.2, -0.15) is 0 Å². The Kier molecular flexibility index (Phi) is 5.25. The summed E-state index contributed by atoms with van der Waals surface area (Å²) in [5.41, 5.74) is 1.90. The van der Waals surface area contributed by atoms with Crippen LogP contribution in [0.2, 0.25) is 0 Å². The van der Waals surface area contributed by atoms with Crippen molar-refractivity contribution in [2.75, 3.05) is 17.3 Å². The van der Waals surface area contributed by atoms with Crippen LogP contribution in [0.3, 0.4) is 0 Å². The van der Waals surface area contributed by atoms with E-state index < -0.39 is 0 Å². The van der Waals surface area contributed by atoms with Crippen molar-refractivity contribution in [1.82, 2.24) is 9.66 Å². The minimum Gasteiger partial charge on any atom is -0.337 e. The molecule has 1 heterocycles. The Hall–Kier alpha value is -1.92. The zero-order valence-electron chi connectivity index (χ0n) is 12.4. The van der Waals surface area contributed by atoms with Crippen LogP contribution < -0.4 is 5.84 Å². The topological polar surface area (TPSA) is 43.8 Å². The summed E-state index contributed by atoms with van der Waals surface area (Å²) in [5.74, 6) is 7.39. The average Bonchev–Trinajstić information content (AvgIpc) is 2.95. The third kappa shape index (κ3) is 4.09. The smallest absolute Gasteiger partial charge is 0.187 e. The van der Waals surface area contributed by atoms with E-state index in [2.05, 4.69) is 4.98 Å². The van der Waals surface area contributed by atoms with Gasteiger partial charge in [-0.05, 0) is 12.1 Å². The van der Waals surface area contributed by atoms with E-state index in [9.17, 15) is 4.39 Å². The highest BCUT2D eigenvalue weighted by atomic mass is 32.2. The van der Waals surface area contributed by atoms with Gasteiger partial charge >= 0.3 is 0 Å². The molecule has 6 heteroatoms. The third-order valence-electron chi connectivity index (χ3n) is 3.18. The first-order chi connectivity index (χ1) is 11.2. The molecule has 0 radical (unpaired) electrons. The molecule has 0 spiro atoms. The van der Waals surface area contributed by atoms with Crippen LogP contribution >= 0.6 is 23.5 Å². The normalized spacial score (nSPS) is 10.8.